The second kappa shape index (κ2) is 5.44. The molecule has 0 aromatic carbocycles. The lowest BCUT2D eigenvalue weighted by Crippen LogP contribution is -2.19. The van der Waals surface area contributed by atoms with Gasteiger partial charge in [-0.1, -0.05) is 0 Å². The van der Waals surface area contributed by atoms with Gasteiger partial charge >= 0.3 is 0 Å². The van der Waals surface area contributed by atoms with Gasteiger partial charge in [-0.15, -0.1) is 22.7 Å². The predicted molar refractivity (Wildman–Crippen MR) is 73.4 cm³/mol. The number of hydrogen-bond donors (Lipinski definition) is 1. The van der Waals surface area contributed by atoms with Gasteiger partial charge in [0.15, 0.2) is 6.29 Å². The first kappa shape index (κ1) is 12.3. The van der Waals surface area contributed by atoms with Crippen molar-refractivity contribution >= 4 is 34.0 Å². The van der Waals surface area contributed by atoms with Crippen LogP contribution in [0.3, 0.4) is 0 Å². The molecule has 5 heteroatoms. The molecule has 0 aliphatic carbocycles. The monoisotopic (exact) mass is 267 g/mol. The lowest BCUT2D eigenvalue weighted by molar-refractivity contribution is 0.112. The van der Waals surface area contributed by atoms with E-state index < -0.39 is 0 Å². The molecule has 2 heterocycles. The minimum absolute atomic E-state index is 0.151. The molecule has 0 saturated heterocycles. The highest BCUT2D eigenvalue weighted by atomic mass is 32.1. The summed E-state index contributed by atoms with van der Waals surface area (Å²) in [5.74, 6) is 0. The molecule has 2 aromatic heterocycles. The Morgan fingerprint density at radius 1 is 1.24 bits per heavy atom. The molecule has 0 radical (unpaired) electrons. The van der Waals surface area contributed by atoms with Crippen LogP contribution in [0.15, 0.2) is 24.3 Å². The molecule has 2 aromatic rings. The molecule has 0 spiro atoms. The second-order valence-corrected chi connectivity index (χ2v) is 5.78. The number of aliphatic hydroxyl groups excluding tert-OH is 1. The van der Waals surface area contributed by atoms with Crippen LogP contribution < -0.4 is 4.90 Å². The summed E-state index contributed by atoms with van der Waals surface area (Å²) in [7, 11) is 1.96. The molecule has 1 N–H and O–H groups in total. The maximum atomic E-state index is 10.6. The fourth-order valence-electron chi connectivity index (χ4n) is 1.47. The van der Waals surface area contributed by atoms with Gasteiger partial charge in [0.1, 0.15) is 0 Å². The molecule has 0 amide bonds. The van der Waals surface area contributed by atoms with Crippen LogP contribution in [0.5, 0.6) is 0 Å². The van der Waals surface area contributed by atoms with Gasteiger partial charge in [-0.3, -0.25) is 4.79 Å². The Hall–Kier alpha value is -1.17. The largest absolute Gasteiger partial charge is 0.395 e. The molecule has 0 unspecified atom stereocenters. The summed E-state index contributed by atoms with van der Waals surface area (Å²) in [6.07, 6.45) is 0.876. The summed E-state index contributed by atoms with van der Waals surface area (Å²) in [5, 5.41) is 10.0. The van der Waals surface area contributed by atoms with E-state index in [0.717, 1.165) is 25.9 Å². The molecule has 0 atom stereocenters. The van der Waals surface area contributed by atoms with Crippen molar-refractivity contribution in [3.63, 3.8) is 0 Å². The maximum Gasteiger partial charge on any atom is 0.160 e. The van der Waals surface area contributed by atoms with E-state index in [2.05, 4.69) is 0 Å². The summed E-state index contributed by atoms with van der Waals surface area (Å²) in [5.41, 5.74) is 0. The molecule has 0 aliphatic rings. The molecule has 0 bridgehead atoms. The highest BCUT2D eigenvalue weighted by Gasteiger charge is 2.08. The number of nitrogens with zero attached hydrogens (tertiary/aromatic N) is 1. The highest BCUT2D eigenvalue weighted by Crippen LogP contribution is 2.36. The molecule has 3 nitrogen and oxygen atoms in total. The topological polar surface area (TPSA) is 40.5 Å². The Labute approximate surface area is 108 Å². The number of carbonyl (C=O) groups excluding carboxylic acids is 1. The van der Waals surface area contributed by atoms with Crippen molar-refractivity contribution in [2.45, 2.75) is 0 Å². The Morgan fingerprint density at radius 3 is 2.59 bits per heavy atom. The maximum absolute atomic E-state index is 10.6. The second-order valence-electron chi connectivity index (χ2n) is 3.60. The van der Waals surface area contributed by atoms with Gasteiger partial charge in [0.2, 0.25) is 0 Å². The Morgan fingerprint density at radius 2 is 1.94 bits per heavy atom. The van der Waals surface area contributed by atoms with Crippen LogP contribution in [0.1, 0.15) is 9.67 Å². The van der Waals surface area contributed by atoms with E-state index in [0.29, 0.717) is 6.54 Å². The van der Waals surface area contributed by atoms with Gasteiger partial charge in [0.05, 0.1) is 16.5 Å². The number of carbonyl (C=O) groups is 1. The van der Waals surface area contributed by atoms with Crippen LogP contribution in [0.4, 0.5) is 5.00 Å². The van der Waals surface area contributed by atoms with Crippen molar-refractivity contribution in [3.8, 4) is 9.75 Å². The minimum atomic E-state index is 0.151. The molecule has 0 aliphatic heterocycles. The van der Waals surface area contributed by atoms with Crippen molar-refractivity contribution < 1.29 is 9.90 Å². The Kier molecular flexibility index (Phi) is 3.93. The fraction of sp³-hybridized carbons (Fsp3) is 0.250. The van der Waals surface area contributed by atoms with Gasteiger partial charge in [-0.05, 0) is 24.3 Å². The summed E-state index contributed by atoms with van der Waals surface area (Å²) in [6.45, 7) is 0.780. The highest BCUT2D eigenvalue weighted by molar-refractivity contribution is 7.24. The number of anilines is 1. The molecule has 90 valence electrons. The summed E-state index contributed by atoms with van der Waals surface area (Å²) in [4.78, 5) is 15.7. The van der Waals surface area contributed by atoms with E-state index in [9.17, 15) is 4.79 Å². The van der Waals surface area contributed by atoms with E-state index in [1.54, 1.807) is 11.3 Å². The van der Waals surface area contributed by atoms with Gasteiger partial charge in [0.25, 0.3) is 0 Å². The van der Waals surface area contributed by atoms with Gasteiger partial charge in [0, 0.05) is 23.3 Å². The van der Waals surface area contributed by atoms with Crippen molar-refractivity contribution in [2.24, 2.45) is 0 Å². The standard InChI is InChI=1S/C12H13NO2S2/c1-13(6-7-14)12-5-4-11(17-12)10-3-2-9(8-15)16-10/h2-5,8,14H,6-7H2,1H3. The molecule has 17 heavy (non-hydrogen) atoms. The number of thiophene rings is 2. The van der Waals surface area contributed by atoms with Crippen LogP contribution in [-0.4, -0.2) is 31.6 Å². The lowest BCUT2D eigenvalue weighted by atomic mass is 10.4. The summed E-state index contributed by atoms with van der Waals surface area (Å²) >= 11 is 3.17. The smallest absolute Gasteiger partial charge is 0.160 e. The molecular weight excluding hydrogens is 254 g/mol. The third-order valence-corrected chi connectivity index (χ3v) is 4.80. The van der Waals surface area contributed by atoms with E-state index in [-0.39, 0.29) is 6.61 Å². The van der Waals surface area contributed by atoms with Gasteiger partial charge < -0.3 is 10.0 Å². The molecule has 0 saturated carbocycles. The fourth-order valence-corrected chi connectivity index (χ4v) is 3.38. The number of aldehydes is 1. The Bertz CT molecular complexity index is 504. The van der Waals surface area contributed by atoms with Crippen LogP contribution in [0.25, 0.3) is 9.75 Å². The van der Waals surface area contributed by atoms with Crippen molar-refractivity contribution in [3.05, 3.63) is 29.1 Å². The normalized spacial score (nSPS) is 10.5. The average Bonchev–Trinajstić information content (AvgIpc) is 2.98. The number of likely N-dealkylation sites (N-methyl/N-ethyl adjacent to an activating group) is 1. The van der Waals surface area contributed by atoms with E-state index >= 15 is 0 Å². The molecule has 0 fully saturated rings. The van der Waals surface area contributed by atoms with E-state index in [4.69, 9.17) is 5.11 Å². The number of rotatable bonds is 5. The number of aliphatic hydroxyl groups is 1. The van der Waals surface area contributed by atoms with Crippen LogP contribution in [-0.2, 0) is 0 Å². The zero-order chi connectivity index (χ0) is 12.3. The molecule has 2 rings (SSSR count). The van der Waals surface area contributed by atoms with Crippen LogP contribution in [0, 0.1) is 0 Å². The van der Waals surface area contributed by atoms with Crippen molar-refractivity contribution in [1.29, 1.82) is 0 Å². The third kappa shape index (κ3) is 2.74. The lowest BCUT2D eigenvalue weighted by Gasteiger charge is -2.14. The molecular formula is C12H13NO2S2. The van der Waals surface area contributed by atoms with E-state index in [1.165, 1.54) is 11.3 Å². The van der Waals surface area contributed by atoms with Crippen molar-refractivity contribution in [1.82, 2.24) is 0 Å². The SMILES string of the molecule is CN(CCO)c1ccc(-c2ccc(C=O)s2)s1. The predicted octanol–water partition coefficient (Wildman–Crippen LogP) is 2.72. The zero-order valence-corrected chi connectivity index (χ0v) is 11.1. The first-order valence-corrected chi connectivity index (χ1v) is 6.85. The quantitative estimate of drug-likeness (QED) is 0.847. The van der Waals surface area contributed by atoms with Gasteiger partial charge in [-0.2, -0.15) is 0 Å². The third-order valence-electron chi connectivity index (χ3n) is 2.39. The van der Waals surface area contributed by atoms with Crippen LogP contribution >= 0.6 is 22.7 Å². The first-order valence-electron chi connectivity index (χ1n) is 5.22. The first-order chi connectivity index (χ1) is 8.24. The van der Waals surface area contributed by atoms with Crippen molar-refractivity contribution in [2.75, 3.05) is 25.1 Å². The van der Waals surface area contributed by atoms with Crippen LogP contribution in [0.2, 0.25) is 0 Å². The summed E-state index contributed by atoms with van der Waals surface area (Å²) < 4.78 is 0. The zero-order valence-electron chi connectivity index (χ0n) is 9.42. The summed E-state index contributed by atoms with van der Waals surface area (Å²) in [6, 6.07) is 7.89. The number of hydrogen-bond acceptors (Lipinski definition) is 5. The minimum Gasteiger partial charge on any atom is -0.395 e. The average molecular weight is 267 g/mol. The van der Waals surface area contributed by atoms with E-state index in [1.807, 2.05) is 36.2 Å². The Balaban J connectivity index is 2.20. The van der Waals surface area contributed by atoms with Gasteiger partial charge in [-0.25, -0.2) is 0 Å².